The Morgan fingerprint density at radius 3 is 1.39 bits per heavy atom. The van der Waals surface area contributed by atoms with Crippen LogP contribution in [0.5, 0.6) is 0 Å². The average molecular weight is 858 g/mol. The van der Waals surface area contributed by atoms with Crippen LogP contribution in [0.3, 0.4) is 0 Å². The molecule has 0 spiro atoms. The fourth-order valence-electron chi connectivity index (χ4n) is 8.88. The third-order valence-electron chi connectivity index (χ3n) is 12.1. The van der Waals surface area contributed by atoms with Gasteiger partial charge in [-0.1, -0.05) is 31.4 Å². The van der Waals surface area contributed by atoms with Gasteiger partial charge in [0.25, 0.3) is 0 Å². The third kappa shape index (κ3) is 8.72. The molecule has 8 aliphatic heterocycles. The Morgan fingerprint density at radius 2 is 0.947 bits per heavy atom. The number of likely N-dealkylation sites (tertiary alicyclic amines) is 6. The molecule has 8 heterocycles. The van der Waals surface area contributed by atoms with E-state index in [1.807, 2.05) is 62.6 Å². The number of halogens is 1. The molecule has 2 N–H and O–H groups in total. The number of fused-ring (bicyclic) bond motifs is 4. The van der Waals surface area contributed by atoms with Crippen molar-refractivity contribution >= 4 is 64.2 Å². The van der Waals surface area contributed by atoms with Crippen molar-refractivity contribution in [2.45, 2.75) is 46.7 Å². The van der Waals surface area contributed by atoms with Gasteiger partial charge in [0.2, 0.25) is 47.3 Å². The predicted octanol–water partition coefficient (Wildman–Crippen LogP) is 0.589. The van der Waals surface area contributed by atoms with Crippen molar-refractivity contribution < 1.29 is 38.4 Å². The summed E-state index contributed by atoms with van der Waals surface area (Å²) in [5, 5.41) is 5.30. The second-order valence-corrected chi connectivity index (χ2v) is 15.7. The van der Waals surface area contributed by atoms with Gasteiger partial charge < -0.3 is 40.0 Å². The first kappa shape index (κ1) is 44.9. The third-order valence-corrected chi connectivity index (χ3v) is 12.1. The molecule has 8 fully saturated rings. The van der Waals surface area contributed by atoms with Crippen LogP contribution in [0.15, 0.2) is 50.0 Å². The van der Waals surface area contributed by atoms with Crippen LogP contribution in [0.25, 0.3) is 0 Å². The monoisotopic (exact) mass is 856 g/mol. The number of nitrogens with one attached hydrogen (secondary N) is 2. The minimum atomic E-state index is -0.196. The number of hydrogen-bond acceptors (Lipinski definition) is 8. The van der Waals surface area contributed by atoms with E-state index < -0.39 is 0 Å². The number of carbonyl (C=O) groups is 8. The molecule has 9 unspecified atom stereocenters. The zero-order chi connectivity index (χ0) is 41.2. The molecule has 0 saturated carbocycles. The highest BCUT2D eigenvalue weighted by molar-refractivity contribution is 8.93. The SMILES string of the molecule is Br.C/C=C/C(C)N1CC2C(=O)N(C(C)C)CC2C1=O.C/C=C/N1CC2C(=O)N(C)CC2C1=O.C=CN1CC2C(=O)N(C=C)CC2C1=O.O=C1NCC2C(=O)NCC12. The molecule has 8 amide bonds. The van der Waals surface area contributed by atoms with E-state index in [1.54, 1.807) is 23.0 Å². The molecule has 8 saturated heterocycles. The Morgan fingerprint density at radius 1 is 0.544 bits per heavy atom. The van der Waals surface area contributed by atoms with Crippen molar-refractivity contribution in [1.29, 1.82) is 0 Å². The Hall–Kier alpha value is -4.80. The summed E-state index contributed by atoms with van der Waals surface area (Å²) in [5.74, 6) is -0.497. The van der Waals surface area contributed by atoms with Crippen LogP contribution in [0.2, 0.25) is 0 Å². The molecule has 0 bridgehead atoms. The molecule has 0 radical (unpaired) electrons. The first-order chi connectivity index (χ1) is 26.6. The average Bonchev–Trinajstić information content (AvgIpc) is 4.05. The number of nitrogens with zero attached hydrogens (tertiary/aromatic N) is 6. The molecule has 57 heavy (non-hydrogen) atoms. The zero-order valence-corrected chi connectivity index (χ0v) is 35.4. The second kappa shape index (κ2) is 18.6. The van der Waals surface area contributed by atoms with Gasteiger partial charge in [-0.25, -0.2) is 0 Å². The lowest BCUT2D eigenvalue weighted by atomic mass is 10.00. The first-order valence-corrected chi connectivity index (χ1v) is 19.4. The standard InChI is InChI=1S/C14H22N2O2.C10H14N2O2.C10H12N2O2.C6H8N2O2.BrH/c1-5-6-10(4)16-8-12-11(14(16)18)7-15(9(2)3)13(12)17;1-3-4-12-6-8-7(10(12)14)5-11(2)9(8)13;1-3-11-5-7-8(9(11)13)6-12(4-2)10(7)14;9-5-3-1-7-6(10)4(3)2-8-5;/h5-6,9-12H,7-8H2,1-4H3;3-4,7-8H,5-6H2,1-2H3;3-4,7-8H,1-2,5-6H2;3-4H,1-2H2,(H,7,10)(H,8,9);1H/b6-5+;4-3+;;;. The largest absolute Gasteiger partial charge is 0.355 e. The second-order valence-electron chi connectivity index (χ2n) is 15.7. The summed E-state index contributed by atoms with van der Waals surface area (Å²) in [5.41, 5.74) is 0. The molecule has 0 aromatic rings. The predicted molar refractivity (Wildman–Crippen MR) is 215 cm³/mol. The minimum Gasteiger partial charge on any atom is -0.355 e. The highest BCUT2D eigenvalue weighted by Gasteiger charge is 2.53. The molecular formula is C40H57BrN8O8. The van der Waals surface area contributed by atoms with E-state index in [0.717, 1.165) is 0 Å². The number of rotatable bonds is 6. The van der Waals surface area contributed by atoms with Crippen molar-refractivity contribution in [3.8, 4) is 0 Å². The smallest absolute Gasteiger partial charge is 0.232 e. The molecule has 312 valence electrons. The molecule has 0 aromatic carbocycles. The molecule has 8 rings (SSSR count). The fraction of sp³-hybridized carbons (Fsp3) is 0.600. The number of allylic oxidation sites excluding steroid dienone is 2. The summed E-state index contributed by atoms with van der Waals surface area (Å²) in [4.78, 5) is 103. The van der Waals surface area contributed by atoms with Crippen molar-refractivity contribution in [2.24, 2.45) is 47.3 Å². The van der Waals surface area contributed by atoms with Gasteiger partial charge >= 0.3 is 0 Å². The van der Waals surface area contributed by atoms with Crippen LogP contribution in [-0.2, 0) is 38.4 Å². The quantitative estimate of drug-likeness (QED) is 0.365. The van der Waals surface area contributed by atoms with Gasteiger partial charge in [0, 0.05) is 77.7 Å². The van der Waals surface area contributed by atoms with Crippen LogP contribution >= 0.6 is 17.0 Å². The number of hydrogen-bond donors (Lipinski definition) is 2. The highest BCUT2D eigenvalue weighted by atomic mass is 79.9. The highest BCUT2D eigenvalue weighted by Crippen LogP contribution is 2.36. The number of carbonyl (C=O) groups excluding carboxylic acids is 8. The molecular weight excluding hydrogens is 800 g/mol. The molecule has 0 aliphatic carbocycles. The van der Waals surface area contributed by atoms with E-state index in [0.29, 0.717) is 52.4 Å². The van der Waals surface area contributed by atoms with Crippen LogP contribution < -0.4 is 10.6 Å². The lowest BCUT2D eigenvalue weighted by Crippen LogP contribution is -2.41. The topological polar surface area (TPSA) is 180 Å². The van der Waals surface area contributed by atoms with Gasteiger partial charge in [-0.15, -0.1) is 17.0 Å². The van der Waals surface area contributed by atoms with E-state index >= 15 is 0 Å². The van der Waals surface area contributed by atoms with E-state index in [1.165, 1.54) is 22.2 Å². The van der Waals surface area contributed by atoms with Crippen molar-refractivity contribution in [1.82, 2.24) is 40.0 Å². The Kier molecular flexibility index (Phi) is 14.7. The van der Waals surface area contributed by atoms with Gasteiger partial charge in [0.1, 0.15) is 0 Å². The Labute approximate surface area is 345 Å². The summed E-state index contributed by atoms with van der Waals surface area (Å²) >= 11 is 0. The van der Waals surface area contributed by atoms with E-state index in [9.17, 15) is 38.4 Å². The summed E-state index contributed by atoms with van der Waals surface area (Å²) < 4.78 is 0. The van der Waals surface area contributed by atoms with E-state index in [4.69, 9.17) is 0 Å². The van der Waals surface area contributed by atoms with Gasteiger partial charge in [-0.2, -0.15) is 0 Å². The van der Waals surface area contributed by atoms with E-state index in [-0.39, 0.29) is 124 Å². The Bertz CT molecular complexity index is 1660. The van der Waals surface area contributed by atoms with Crippen molar-refractivity contribution in [2.75, 3.05) is 59.4 Å². The van der Waals surface area contributed by atoms with Crippen molar-refractivity contribution in [3.63, 3.8) is 0 Å². The first-order valence-electron chi connectivity index (χ1n) is 19.4. The van der Waals surface area contributed by atoms with Gasteiger partial charge in [-0.3, -0.25) is 38.4 Å². The molecule has 9 atom stereocenters. The summed E-state index contributed by atoms with van der Waals surface area (Å²) in [6, 6.07) is 0.283. The summed E-state index contributed by atoms with van der Waals surface area (Å²) in [6.07, 6.45) is 10.5. The fourth-order valence-corrected chi connectivity index (χ4v) is 8.88. The minimum absolute atomic E-state index is 0. The lowest BCUT2D eigenvalue weighted by Gasteiger charge is -2.27. The van der Waals surface area contributed by atoms with Crippen LogP contribution in [0.4, 0.5) is 0 Å². The van der Waals surface area contributed by atoms with Crippen LogP contribution in [-0.4, -0.2) is 148 Å². The zero-order valence-electron chi connectivity index (χ0n) is 33.7. The van der Waals surface area contributed by atoms with Crippen LogP contribution in [0.1, 0.15) is 34.6 Å². The molecule has 0 aromatic heterocycles. The summed E-state index contributed by atoms with van der Waals surface area (Å²) in [7, 11) is 1.76. The van der Waals surface area contributed by atoms with Gasteiger partial charge in [-0.05, 0) is 47.0 Å². The maximum atomic E-state index is 12.3. The van der Waals surface area contributed by atoms with Crippen LogP contribution in [0, 0.1) is 47.3 Å². The normalized spacial score (nSPS) is 31.4. The molecule has 16 nitrogen and oxygen atoms in total. The lowest BCUT2D eigenvalue weighted by molar-refractivity contribution is -0.133. The van der Waals surface area contributed by atoms with Crippen molar-refractivity contribution in [3.05, 3.63) is 50.0 Å². The van der Waals surface area contributed by atoms with Gasteiger partial charge in [0.15, 0.2) is 0 Å². The Balaban J connectivity index is 0.000000170. The maximum absolute atomic E-state index is 12.3. The number of amides is 8. The molecule has 17 heteroatoms. The van der Waals surface area contributed by atoms with E-state index in [2.05, 4.69) is 23.8 Å². The summed E-state index contributed by atoms with van der Waals surface area (Å²) in [6.45, 7) is 21.2. The van der Waals surface area contributed by atoms with Gasteiger partial charge in [0.05, 0.1) is 47.3 Å². The maximum Gasteiger partial charge on any atom is 0.232 e. The molecule has 8 aliphatic rings.